The molecule has 0 heterocycles. The number of hydrogen-bond donors (Lipinski definition) is 3. The lowest BCUT2D eigenvalue weighted by Gasteiger charge is -2.39. The molecular formula is C32H49N3O7S. The van der Waals surface area contributed by atoms with E-state index in [9.17, 15) is 23.1 Å². The maximum atomic E-state index is 13.9. The Labute approximate surface area is 257 Å². The van der Waals surface area contributed by atoms with E-state index in [-0.39, 0.29) is 49.2 Å². The van der Waals surface area contributed by atoms with Gasteiger partial charge in [-0.25, -0.2) is 13.2 Å². The summed E-state index contributed by atoms with van der Waals surface area (Å²) in [5, 5.41) is 17.7. The molecule has 0 aliphatic rings. The predicted molar refractivity (Wildman–Crippen MR) is 167 cm³/mol. The Morgan fingerprint density at radius 3 is 2.26 bits per heavy atom. The van der Waals surface area contributed by atoms with Crippen molar-refractivity contribution in [1.82, 2.24) is 14.9 Å². The quantitative estimate of drug-likeness (QED) is 0.212. The minimum absolute atomic E-state index is 0.0106. The van der Waals surface area contributed by atoms with Crippen molar-refractivity contribution < 1.29 is 32.6 Å². The molecule has 43 heavy (non-hydrogen) atoms. The molecule has 2 unspecified atom stereocenters. The number of nitrogens with zero attached hydrogens (tertiary/aromatic N) is 1. The van der Waals surface area contributed by atoms with Crippen LogP contribution in [0.1, 0.15) is 78.7 Å². The zero-order chi connectivity index (χ0) is 32.1. The van der Waals surface area contributed by atoms with Crippen LogP contribution in [0.2, 0.25) is 0 Å². The lowest BCUT2D eigenvalue weighted by atomic mass is 9.98. The molecular weight excluding hydrogens is 570 g/mol. The first kappa shape index (κ1) is 36.0. The molecule has 2 aromatic rings. The molecule has 0 fully saturated rings. The topological polar surface area (TPSA) is 134 Å². The summed E-state index contributed by atoms with van der Waals surface area (Å²) < 4.78 is 39.5. The van der Waals surface area contributed by atoms with Gasteiger partial charge in [-0.2, -0.15) is 4.31 Å². The second-order valence-corrected chi connectivity index (χ2v) is 13.7. The number of nitrogens with one attached hydrogen (secondary N) is 2. The van der Waals surface area contributed by atoms with E-state index in [1.807, 2.05) is 44.2 Å². The SMILES string of the molecule is CCCCN(C(O)(CCNC(=O)CCCC(C)NC(=O)OC(C)(C)C)Cc1ccccc1)S(=O)(=O)c1ccc(OC)cc1. The molecule has 0 aliphatic carbocycles. The monoisotopic (exact) mass is 619 g/mol. The Bertz CT molecular complexity index is 1250. The molecule has 0 spiro atoms. The second kappa shape index (κ2) is 16.6. The van der Waals surface area contributed by atoms with Crippen molar-refractivity contribution in [2.45, 2.75) is 102 Å². The van der Waals surface area contributed by atoms with Crippen molar-refractivity contribution in [3.05, 3.63) is 60.2 Å². The number of carbonyl (C=O) groups is 2. The van der Waals surface area contributed by atoms with Crippen molar-refractivity contribution in [1.29, 1.82) is 0 Å². The predicted octanol–water partition coefficient (Wildman–Crippen LogP) is 5.01. The maximum Gasteiger partial charge on any atom is 0.407 e. The molecule has 2 amide bonds. The van der Waals surface area contributed by atoms with Crippen molar-refractivity contribution in [3.63, 3.8) is 0 Å². The van der Waals surface area contributed by atoms with Crippen LogP contribution in [0.3, 0.4) is 0 Å². The number of rotatable bonds is 17. The first-order valence-electron chi connectivity index (χ1n) is 14.9. The fourth-order valence-electron chi connectivity index (χ4n) is 4.59. The standard InChI is InChI=1S/C32H49N3O7S/c1-7-8-23-35(43(39,40)28-19-17-27(41-6)18-20-28)32(38,24-26-14-10-9-11-15-26)21-22-33-29(36)16-12-13-25(2)34-30(37)42-31(3,4)5/h9-11,14-15,17-20,25,38H,7-8,12-13,16,21-24H2,1-6H3,(H,33,36)(H,34,37). The molecule has 3 N–H and O–H groups in total. The van der Waals surface area contributed by atoms with Crippen molar-refractivity contribution in [3.8, 4) is 5.75 Å². The Morgan fingerprint density at radius 1 is 1.02 bits per heavy atom. The summed E-state index contributed by atoms with van der Waals surface area (Å²) in [5.74, 6) is 0.306. The second-order valence-electron chi connectivity index (χ2n) is 11.8. The van der Waals surface area contributed by atoms with Gasteiger partial charge in [0.25, 0.3) is 0 Å². The fraction of sp³-hybridized carbons (Fsp3) is 0.562. The van der Waals surface area contributed by atoms with Gasteiger partial charge in [0.2, 0.25) is 15.9 Å². The molecule has 0 bridgehead atoms. The van der Waals surface area contributed by atoms with Crippen LogP contribution >= 0.6 is 0 Å². The van der Waals surface area contributed by atoms with Gasteiger partial charge < -0.3 is 25.2 Å². The highest BCUT2D eigenvalue weighted by atomic mass is 32.2. The Morgan fingerprint density at radius 2 is 1.67 bits per heavy atom. The van der Waals surface area contributed by atoms with Crippen LogP contribution in [0, 0.1) is 0 Å². The largest absolute Gasteiger partial charge is 0.497 e. The average molecular weight is 620 g/mol. The Kier molecular flexibility index (Phi) is 13.9. The molecule has 10 nitrogen and oxygen atoms in total. The molecule has 2 atom stereocenters. The molecule has 240 valence electrons. The third kappa shape index (κ3) is 12.2. The number of methoxy groups -OCH3 is 1. The van der Waals surface area contributed by atoms with E-state index in [2.05, 4.69) is 10.6 Å². The van der Waals surface area contributed by atoms with Crippen LogP contribution in [-0.4, -0.2) is 67.4 Å². The summed E-state index contributed by atoms with van der Waals surface area (Å²) in [4.78, 5) is 24.7. The van der Waals surface area contributed by atoms with Crippen LogP contribution in [0.25, 0.3) is 0 Å². The zero-order valence-electron chi connectivity index (χ0n) is 26.4. The summed E-state index contributed by atoms with van der Waals surface area (Å²) in [7, 11) is -2.60. The molecule has 0 aromatic heterocycles. The first-order valence-corrected chi connectivity index (χ1v) is 16.3. The Hall–Kier alpha value is -3.15. The summed E-state index contributed by atoms with van der Waals surface area (Å²) in [6.45, 7) is 9.37. The van der Waals surface area contributed by atoms with Crippen LogP contribution < -0.4 is 15.4 Å². The van der Waals surface area contributed by atoms with E-state index in [1.165, 1.54) is 23.5 Å². The Balaban J connectivity index is 2.12. The highest BCUT2D eigenvalue weighted by molar-refractivity contribution is 7.89. The minimum atomic E-state index is -4.10. The fourth-order valence-corrected chi connectivity index (χ4v) is 6.30. The van der Waals surface area contributed by atoms with E-state index < -0.39 is 27.4 Å². The number of carbonyl (C=O) groups excluding carboxylic acids is 2. The van der Waals surface area contributed by atoms with Crippen LogP contribution in [0.4, 0.5) is 4.79 Å². The maximum absolute atomic E-state index is 13.9. The van der Waals surface area contributed by atoms with Crippen LogP contribution in [-0.2, 0) is 26.0 Å². The highest BCUT2D eigenvalue weighted by Gasteiger charge is 2.42. The third-order valence-electron chi connectivity index (χ3n) is 6.81. The molecule has 2 aromatic carbocycles. The summed E-state index contributed by atoms with van der Waals surface area (Å²) in [6.07, 6.45) is 2.16. The van der Waals surface area contributed by atoms with Gasteiger partial charge in [-0.1, -0.05) is 43.7 Å². The van der Waals surface area contributed by atoms with E-state index in [1.54, 1.807) is 32.9 Å². The summed E-state index contributed by atoms with van der Waals surface area (Å²) >= 11 is 0. The molecule has 0 aliphatic heterocycles. The zero-order valence-corrected chi connectivity index (χ0v) is 27.2. The van der Waals surface area contributed by atoms with Gasteiger partial charge >= 0.3 is 6.09 Å². The van der Waals surface area contributed by atoms with Gasteiger partial charge in [0, 0.05) is 38.4 Å². The van der Waals surface area contributed by atoms with Crippen molar-refractivity contribution >= 4 is 22.0 Å². The minimum Gasteiger partial charge on any atom is -0.497 e. The first-order chi connectivity index (χ1) is 20.2. The summed E-state index contributed by atoms with van der Waals surface area (Å²) in [5.41, 5.74) is -1.62. The number of amides is 2. The van der Waals surface area contributed by atoms with Gasteiger partial charge in [0.05, 0.1) is 12.0 Å². The number of hydrogen-bond acceptors (Lipinski definition) is 7. The van der Waals surface area contributed by atoms with Gasteiger partial charge in [-0.05, 0) is 76.8 Å². The normalized spacial score (nSPS) is 14.0. The van der Waals surface area contributed by atoms with Crippen molar-refractivity contribution in [2.75, 3.05) is 20.2 Å². The van der Waals surface area contributed by atoms with Crippen LogP contribution in [0.15, 0.2) is 59.5 Å². The van der Waals surface area contributed by atoms with Crippen molar-refractivity contribution in [2.24, 2.45) is 0 Å². The number of ether oxygens (including phenoxy) is 2. The van der Waals surface area contributed by atoms with Gasteiger partial charge in [0.15, 0.2) is 0 Å². The smallest absolute Gasteiger partial charge is 0.407 e. The number of aliphatic hydroxyl groups is 1. The molecule has 2 rings (SSSR count). The molecule has 0 saturated heterocycles. The number of unbranched alkanes of at least 4 members (excludes halogenated alkanes) is 1. The highest BCUT2D eigenvalue weighted by Crippen LogP contribution is 2.30. The number of benzene rings is 2. The lowest BCUT2D eigenvalue weighted by Crippen LogP contribution is -2.55. The molecule has 0 radical (unpaired) electrons. The third-order valence-corrected chi connectivity index (χ3v) is 8.78. The van der Waals surface area contributed by atoms with E-state index in [0.29, 0.717) is 25.0 Å². The summed E-state index contributed by atoms with van der Waals surface area (Å²) in [6, 6.07) is 15.1. The van der Waals surface area contributed by atoms with Crippen LogP contribution in [0.5, 0.6) is 5.75 Å². The van der Waals surface area contributed by atoms with Gasteiger partial charge in [0.1, 0.15) is 17.1 Å². The average Bonchev–Trinajstić information content (AvgIpc) is 2.92. The lowest BCUT2D eigenvalue weighted by molar-refractivity contribution is -0.121. The molecule has 11 heteroatoms. The molecule has 0 saturated carbocycles. The van der Waals surface area contributed by atoms with Gasteiger partial charge in [-0.15, -0.1) is 0 Å². The number of alkyl carbamates (subject to hydrolysis) is 1. The van der Waals surface area contributed by atoms with E-state index in [4.69, 9.17) is 9.47 Å². The van der Waals surface area contributed by atoms with E-state index >= 15 is 0 Å². The number of sulfonamides is 1. The van der Waals surface area contributed by atoms with Gasteiger partial charge in [-0.3, -0.25) is 4.79 Å². The van der Waals surface area contributed by atoms with E-state index in [0.717, 1.165) is 12.0 Å².